The Morgan fingerprint density at radius 1 is 1.32 bits per heavy atom. The van der Waals surface area contributed by atoms with E-state index in [4.69, 9.17) is 4.74 Å². The standard InChI is InChI=1S/C19H29NO2/c1-13(2)17-9-8-14(3)11-18(17)22-16(5)19(21)20-10-6-7-15(4)12-20/h8-9,11,13,15-16H,6-7,10,12H2,1-5H3. The smallest absolute Gasteiger partial charge is 0.263 e. The van der Waals surface area contributed by atoms with Crippen molar-refractivity contribution in [3.8, 4) is 5.75 Å². The van der Waals surface area contributed by atoms with Gasteiger partial charge in [-0.25, -0.2) is 0 Å². The maximum Gasteiger partial charge on any atom is 0.263 e. The summed E-state index contributed by atoms with van der Waals surface area (Å²) in [6, 6.07) is 6.24. The van der Waals surface area contributed by atoms with Gasteiger partial charge in [-0.3, -0.25) is 4.79 Å². The fourth-order valence-corrected chi connectivity index (χ4v) is 3.11. The van der Waals surface area contributed by atoms with Gasteiger partial charge >= 0.3 is 0 Å². The number of piperidine rings is 1. The van der Waals surface area contributed by atoms with E-state index in [1.54, 1.807) is 0 Å². The van der Waals surface area contributed by atoms with Gasteiger partial charge in [0, 0.05) is 13.1 Å². The van der Waals surface area contributed by atoms with E-state index in [-0.39, 0.29) is 5.91 Å². The predicted octanol–water partition coefficient (Wildman–Crippen LogP) is 4.14. The van der Waals surface area contributed by atoms with Crippen LogP contribution in [0.4, 0.5) is 0 Å². The monoisotopic (exact) mass is 303 g/mol. The Balaban J connectivity index is 2.09. The van der Waals surface area contributed by atoms with E-state index >= 15 is 0 Å². The summed E-state index contributed by atoms with van der Waals surface area (Å²) in [4.78, 5) is 14.6. The molecule has 3 nitrogen and oxygen atoms in total. The lowest BCUT2D eigenvalue weighted by Crippen LogP contribution is -2.45. The van der Waals surface area contributed by atoms with E-state index in [2.05, 4.69) is 39.8 Å². The number of benzene rings is 1. The highest BCUT2D eigenvalue weighted by atomic mass is 16.5. The van der Waals surface area contributed by atoms with Crippen molar-refractivity contribution < 1.29 is 9.53 Å². The second kappa shape index (κ2) is 7.17. The number of aryl methyl sites for hydroxylation is 1. The number of ether oxygens (including phenoxy) is 1. The van der Waals surface area contributed by atoms with E-state index in [0.29, 0.717) is 11.8 Å². The Hall–Kier alpha value is -1.51. The summed E-state index contributed by atoms with van der Waals surface area (Å²) in [5.74, 6) is 1.94. The topological polar surface area (TPSA) is 29.5 Å². The zero-order chi connectivity index (χ0) is 16.3. The molecule has 2 unspecified atom stereocenters. The normalized spacial score (nSPS) is 20.1. The highest BCUT2D eigenvalue weighted by molar-refractivity contribution is 5.81. The molecule has 1 heterocycles. The van der Waals surface area contributed by atoms with Crippen LogP contribution in [0.3, 0.4) is 0 Å². The van der Waals surface area contributed by atoms with Gasteiger partial charge in [-0.05, 0) is 55.7 Å². The maximum atomic E-state index is 12.6. The Bertz CT molecular complexity index is 524. The molecular weight excluding hydrogens is 274 g/mol. The molecule has 1 amide bonds. The molecule has 3 heteroatoms. The van der Waals surface area contributed by atoms with Crippen LogP contribution in [0.5, 0.6) is 5.75 Å². The first kappa shape index (κ1) is 16.9. The number of carbonyl (C=O) groups is 1. The average molecular weight is 303 g/mol. The minimum absolute atomic E-state index is 0.114. The molecule has 2 atom stereocenters. The highest BCUT2D eigenvalue weighted by Gasteiger charge is 2.26. The van der Waals surface area contributed by atoms with Crippen LogP contribution in [0.2, 0.25) is 0 Å². The SMILES string of the molecule is Cc1ccc(C(C)C)c(OC(C)C(=O)N2CCCC(C)C2)c1. The molecular formula is C19H29NO2. The first-order valence-electron chi connectivity index (χ1n) is 8.44. The summed E-state index contributed by atoms with van der Waals surface area (Å²) >= 11 is 0. The zero-order valence-electron chi connectivity index (χ0n) is 14.6. The van der Waals surface area contributed by atoms with Crippen molar-refractivity contribution in [2.24, 2.45) is 5.92 Å². The molecule has 0 N–H and O–H groups in total. The molecule has 22 heavy (non-hydrogen) atoms. The maximum absolute atomic E-state index is 12.6. The fourth-order valence-electron chi connectivity index (χ4n) is 3.11. The molecule has 2 rings (SSSR count). The van der Waals surface area contributed by atoms with Crippen molar-refractivity contribution >= 4 is 5.91 Å². The van der Waals surface area contributed by atoms with Crippen LogP contribution < -0.4 is 4.74 Å². The minimum Gasteiger partial charge on any atom is -0.481 e. The molecule has 0 saturated carbocycles. The number of hydrogen-bond acceptors (Lipinski definition) is 2. The van der Waals surface area contributed by atoms with Gasteiger partial charge in [0.2, 0.25) is 0 Å². The first-order chi connectivity index (χ1) is 10.4. The van der Waals surface area contributed by atoms with E-state index < -0.39 is 6.10 Å². The van der Waals surface area contributed by atoms with Gasteiger partial charge in [-0.1, -0.05) is 32.9 Å². The molecule has 1 aliphatic heterocycles. The fraction of sp³-hybridized carbons (Fsp3) is 0.632. The lowest BCUT2D eigenvalue weighted by atomic mass is 9.99. The van der Waals surface area contributed by atoms with Gasteiger partial charge < -0.3 is 9.64 Å². The van der Waals surface area contributed by atoms with Crippen molar-refractivity contribution in [3.05, 3.63) is 29.3 Å². The molecule has 1 aromatic rings. The van der Waals surface area contributed by atoms with E-state index in [0.717, 1.165) is 36.4 Å². The zero-order valence-corrected chi connectivity index (χ0v) is 14.6. The molecule has 0 radical (unpaired) electrons. The van der Waals surface area contributed by atoms with Gasteiger partial charge in [0.25, 0.3) is 5.91 Å². The van der Waals surface area contributed by atoms with Gasteiger partial charge in [0.1, 0.15) is 5.75 Å². The lowest BCUT2D eigenvalue weighted by molar-refractivity contribution is -0.139. The second-order valence-corrected chi connectivity index (χ2v) is 6.99. The third-order valence-corrected chi connectivity index (χ3v) is 4.41. The van der Waals surface area contributed by atoms with Crippen molar-refractivity contribution in [2.45, 2.75) is 59.5 Å². The van der Waals surface area contributed by atoms with Crippen molar-refractivity contribution in [1.29, 1.82) is 0 Å². The number of likely N-dealkylation sites (tertiary alicyclic amines) is 1. The Morgan fingerprint density at radius 3 is 2.68 bits per heavy atom. The van der Waals surface area contributed by atoms with Gasteiger partial charge in [0.05, 0.1) is 0 Å². The van der Waals surface area contributed by atoms with Crippen LogP contribution >= 0.6 is 0 Å². The van der Waals surface area contributed by atoms with Crippen LogP contribution in [0.25, 0.3) is 0 Å². The van der Waals surface area contributed by atoms with E-state index in [1.165, 1.54) is 6.42 Å². The van der Waals surface area contributed by atoms with Crippen molar-refractivity contribution in [3.63, 3.8) is 0 Å². The molecule has 0 spiro atoms. The lowest BCUT2D eigenvalue weighted by Gasteiger charge is -2.33. The van der Waals surface area contributed by atoms with Gasteiger partial charge in [0.15, 0.2) is 6.10 Å². The molecule has 1 fully saturated rings. The summed E-state index contributed by atoms with van der Waals surface area (Å²) in [5, 5.41) is 0. The summed E-state index contributed by atoms with van der Waals surface area (Å²) < 4.78 is 6.05. The average Bonchev–Trinajstić information content (AvgIpc) is 2.46. The largest absolute Gasteiger partial charge is 0.481 e. The van der Waals surface area contributed by atoms with E-state index in [9.17, 15) is 4.79 Å². The van der Waals surface area contributed by atoms with Crippen LogP contribution in [0.1, 0.15) is 57.6 Å². The van der Waals surface area contributed by atoms with Crippen molar-refractivity contribution in [1.82, 2.24) is 4.90 Å². The van der Waals surface area contributed by atoms with Crippen molar-refractivity contribution in [2.75, 3.05) is 13.1 Å². The van der Waals surface area contributed by atoms with Crippen LogP contribution in [-0.2, 0) is 4.79 Å². The molecule has 0 aliphatic carbocycles. The van der Waals surface area contributed by atoms with E-state index in [1.807, 2.05) is 17.9 Å². The number of amides is 1. The van der Waals surface area contributed by atoms with Crippen LogP contribution in [0.15, 0.2) is 18.2 Å². The molecule has 122 valence electrons. The Labute approximate surface area is 134 Å². The minimum atomic E-state index is -0.426. The number of nitrogens with zero attached hydrogens (tertiary/aromatic N) is 1. The quantitative estimate of drug-likeness (QED) is 0.836. The van der Waals surface area contributed by atoms with Gasteiger partial charge in [-0.2, -0.15) is 0 Å². The molecule has 1 aliphatic rings. The summed E-state index contributed by atoms with van der Waals surface area (Å²) in [7, 11) is 0. The third-order valence-electron chi connectivity index (χ3n) is 4.41. The molecule has 0 aromatic heterocycles. The van der Waals surface area contributed by atoms with Gasteiger partial charge in [-0.15, -0.1) is 0 Å². The number of rotatable bonds is 4. The summed E-state index contributed by atoms with van der Waals surface area (Å²) in [6.07, 6.45) is 1.89. The summed E-state index contributed by atoms with van der Waals surface area (Å²) in [6.45, 7) is 12.2. The Kier molecular flexibility index (Phi) is 5.49. The Morgan fingerprint density at radius 2 is 2.05 bits per heavy atom. The molecule has 1 saturated heterocycles. The second-order valence-electron chi connectivity index (χ2n) is 6.99. The third kappa shape index (κ3) is 4.02. The molecule has 1 aromatic carbocycles. The molecule has 0 bridgehead atoms. The number of hydrogen-bond donors (Lipinski definition) is 0. The highest BCUT2D eigenvalue weighted by Crippen LogP contribution is 2.28. The predicted molar refractivity (Wildman–Crippen MR) is 90.3 cm³/mol. The first-order valence-corrected chi connectivity index (χ1v) is 8.44. The van der Waals surface area contributed by atoms with Crippen LogP contribution in [0, 0.1) is 12.8 Å². The van der Waals surface area contributed by atoms with Crippen LogP contribution in [-0.4, -0.2) is 30.0 Å². The summed E-state index contributed by atoms with van der Waals surface area (Å²) in [5.41, 5.74) is 2.32. The number of carbonyl (C=O) groups excluding carboxylic acids is 1.